The fourth-order valence-electron chi connectivity index (χ4n) is 2.27. The van der Waals surface area contributed by atoms with Crippen LogP contribution in [0.4, 0.5) is 0 Å². The maximum absolute atomic E-state index is 11.6. The molecule has 0 aromatic carbocycles. The van der Waals surface area contributed by atoms with Crippen LogP contribution >= 0.6 is 0 Å². The Morgan fingerprint density at radius 1 is 1.53 bits per heavy atom. The van der Waals surface area contributed by atoms with Crippen LogP contribution in [0.25, 0.3) is 0 Å². The quantitative estimate of drug-likeness (QED) is 0.780. The third-order valence-corrected chi connectivity index (χ3v) is 3.22. The molecule has 5 heteroatoms. The van der Waals surface area contributed by atoms with Gasteiger partial charge in [0.2, 0.25) is 0 Å². The highest BCUT2D eigenvalue weighted by molar-refractivity contribution is 5.75. The van der Waals surface area contributed by atoms with Gasteiger partial charge in [-0.3, -0.25) is 19.1 Å². The molecule has 0 fully saturated rings. The second-order valence-electron chi connectivity index (χ2n) is 4.21. The van der Waals surface area contributed by atoms with E-state index in [0.29, 0.717) is 0 Å². The second kappa shape index (κ2) is 4.53. The molecule has 2 atom stereocenters. The van der Waals surface area contributed by atoms with Gasteiger partial charge in [0.05, 0.1) is 6.04 Å². The van der Waals surface area contributed by atoms with E-state index in [1.54, 1.807) is 6.08 Å². The molecule has 90 valence electrons. The van der Waals surface area contributed by atoms with Crippen LogP contribution in [0.2, 0.25) is 0 Å². The number of rotatable bonds is 3. The SMILES string of the molecule is CC[C@H]1C[C@@H](n2ccc(=O)[nH]c2=O)C=C1C=O. The summed E-state index contributed by atoms with van der Waals surface area (Å²) in [5, 5.41) is 0. The van der Waals surface area contributed by atoms with Crippen molar-refractivity contribution < 1.29 is 4.79 Å². The predicted octanol–water partition coefficient (Wildman–Crippen LogP) is 0.633. The van der Waals surface area contributed by atoms with Crippen LogP contribution in [0.1, 0.15) is 25.8 Å². The average Bonchev–Trinajstić information content (AvgIpc) is 2.72. The Labute approximate surface area is 97.8 Å². The topological polar surface area (TPSA) is 71.9 Å². The number of carbonyl (C=O) groups excluding carboxylic acids is 1. The Kier molecular flexibility index (Phi) is 3.08. The third-order valence-electron chi connectivity index (χ3n) is 3.22. The van der Waals surface area contributed by atoms with Crippen LogP contribution < -0.4 is 11.2 Å². The van der Waals surface area contributed by atoms with Gasteiger partial charge in [0, 0.05) is 12.3 Å². The number of aromatic nitrogens is 2. The van der Waals surface area contributed by atoms with Gasteiger partial charge in [-0.25, -0.2) is 4.79 Å². The maximum Gasteiger partial charge on any atom is 0.328 e. The summed E-state index contributed by atoms with van der Waals surface area (Å²) in [7, 11) is 0. The molecule has 0 amide bonds. The average molecular weight is 234 g/mol. The Morgan fingerprint density at radius 3 is 2.82 bits per heavy atom. The standard InChI is InChI=1S/C12H14N2O3/c1-2-8-5-10(6-9(8)7-15)14-4-3-11(16)13-12(14)17/h3-4,6-8,10H,2,5H2,1H3,(H,13,16,17)/t8-,10+/m0/s1. The summed E-state index contributed by atoms with van der Waals surface area (Å²) in [5.41, 5.74) is -0.0905. The summed E-state index contributed by atoms with van der Waals surface area (Å²) in [6, 6.07) is 1.18. The lowest BCUT2D eigenvalue weighted by Gasteiger charge is -2.13. The van der Waals surface area contributed by atoms with Gasteiger partial charge in [0.25, 0.3) is 5.56 Å². The van der Waals surface area contributed by atoms with Crippen molar-refractivity contribution in [2.75, 3.05) is 0 Å². The highest BCUT2D eigenvalue weighted by Crippen LogP contribution is 2.33. The zero-order chi connectivity index (χ0) is 12.4. The van der Waals surface area contributed by atoms with Crippen molar-refractivity contribution >= 4 is 6.29 Å². The first kappa shape index (κ1) is 11.6. The normalized spacial score (nSPS) is 23.5. The van der Waals surface area contributed by atoms with E-state index in [2.05, 4.69) is 4.98 Å². The highest BCUT2D eigenvalue weighted by Gasteiger charge is 2.26. The van der Waals surface area contributed by atoms with Gasteiger partial charge in [-0.2, -0.15) is 0 Å². The fourth-order valence-corrected chi connectivity index (χ4v) is 2.27. The van der Waals surface area contributed by atoms with Crippen LogP contribution in [-0.2, 0) is 4.79 Å². The molecule has 1 aliphatic carbocycles. The van der Waals surface area contributed by atoms with Crippen molar-refractivity contribution in [2.24, 2.45) is 5.92 Å². The van der Waals surface area contributed by atoms with E-state index in [9.17, 15) is 14.4 Å². The summed E-state index contributed by atoms with van der Waals surface area (Å²) in [4.78, 5) is 35.7. The first-order valence-corrected chi connectivity index (χ1v) is 5.64. The van der Waals surface area contributed by atoms with Crippen LogP contribution in [0.15, 0.2) is 33.5 Å². The van der Waals surface area contributed by atoms with Gasteiger partial charge in [-0.15, -0.1) is 0 Å². The molecule has 1 aliphatic rings. The molecule has 1 aromatic rings. The highest BCUT2D eigenvalue weighted by atomic mass is 16.2. The lowest BCUT2D eigenvalue weighted by Crippen LogP contribution is -2.30. The molecule has 0 aliphatic heterocycles. The van der Waals surface area contributed by atoms with Crippen molar-refractivity contribution in [3.05, 3.63) is 44.8 Å². The van der Waals surface area contributed by atoms with E-state index in [-0.39, 0.29) is 12.0 Å². The van der Waals surface area contributed by atoms with E-state index in [0.717, 1.165) is 24.7 Å². The minimum absolute atomic E-state index is 0.135. The van der Waals surface area contributed by atoms with Crippen molar-refractivity contribution in [2.45, 2.75) is 25.8 Å². The molecule has 1 heterocycles. The summed E-state index contributed by atoms with van der Waals surface area (Å²) >= 11 is 0. The molecule has 1 aromatic heterocycles. The number of carbonyl (C=O) groups is 1. The third kappa shape index (κ3) is 2.13. The number of H-pyrrole nitrogens is 1. The minimum Gasteiger partial charge on any atom is -0.298 e. The molecule has 0 saturated carbocycles. The van der Waals surface area contributed by atoms with E-state index in [1.165, 1.54) is 16.8 Å². The Bertz CT molecular complexity index is 568. The number of aromatic amines is 1. The monoisotopic (exact) mass is 234 g/mol. The molecule has 0 unspecified atom stereocenters. The van der Waals surface area contributed by atoms with Gasteiger partial charge in [-0.1, -0.05) is 13.0 Å². The Hall–Kier alpha value is -1.91. The maximum atomic E-state index is 11.6. The molecule has 17 heavy (non-hydrogen) atoms. The van der Waals surface area contributed by atoms with E-state index in [1.807, 2.05) is 6.92 Å². The predicted molar refractivity (Wildman–Crippen MR) is 62.9 cm³/mol. The second-order valence-corrected chi connectivity index (χ2v) is 4.21. The number of allylic oxidation sites excluding steroid dienone is 2. The lowest BCUT2D eigenvalue weighted by molar-refractivity contribution is -0.105. The van der Waals surface area contributed by atoms with Crippen molar-refractivity contribution in [3.63, 3.8) is 0 Å². The smallest absolute Gasteiger partial charge is 0.298 e. The summed E-state index contributed by atoms with van der Waals surface area (Å²) in [6.07, 6.45) is 5.74. The molecule has 2 rings (SSSR count). The zero-order valence-corrected chi connectivity index (χ0v) is 9.55. The Balaban J connectivity index is 2.37. The summed E-state index contributed by atoms with van der Waals surface area (Å²) in [5.74, 6) is 0.205. The van der Waals surface area contributed by atoms with Crippen LogP contribution in [0, 0.1) is 5.92 Å². The number of nitrogens with one attached hydrogen (secondary N) is 1. The molecule has 0 bridgehead atoms. The van der Waals surface area contributed by atoms with E-state index >= 15 is 0 Å². The first-order chi connectivity index (χ1) is 8.15. The molecular formula is C12H14N2O3. The first-order valence-electron chi connectivity index (χ1n) is 5.64. The zero-order valence-electron chi connectivity index (χ0n) is 9.55. The molecule has 0 saturated heterocycles. The lowest BCUT2D eigenvalue weighted by atomic mass is 9.99. The molecule has 0 spiro atoms. The van der Waals surface area contributed by atoms with Crippen LogP contribution in [-0.4, -0.2) is 15.8 Å². The molecule has 1 N–H and O–H groups in total. The van der Waals surface area contributed by atoms with Gasteiger partial charge in [-0.05, 0) is 24.3 Å². The minimum atomic E-state index is -0.430. The summed E-state index contributed by atoms with van der Waals surface area (Å²) in [6.45, 7) is 2.01. The van der Waals surface area contributed by atoms with E-state index in [4.69, 9.17) is 0 Å². The van der Waals surface area contributed by atoms with Crippen LogP contribution in [0.5, 0.6) is 0 Å². The number of nitrogens with zero attached hydrogens (tertiary/aromatic N) is 1. The van der Waals surface area contributed by atoms with Gasteiger partial charge >= 0.3 is 5.69 Å². The van der Waals surface area contributed by atoms with Gasteiger partial charge in [0.15, 0.2) is 0 Å². The van der Waals surface area contributed by atoms with E-state index < -0.39 is 11.2 Å². The van der Waals surface area contributed by atoms with Crippen molar-refractivity contribution in [1.29, 1.82) is 0 Å². The van der Waals surface area contributed by atoms with Gasteiger partial charge < -0.3 is 0 Å². The van der Waals surface area contributed by atoms with Crippen molar-refractivity contribution in [3.8, 4) is 0 Å². The molecule has 0 radical (unpaired) electrons. The van der Waals surface area contributed by atoms with Gasteiger partial charge in [0.1, 0.15) is 6.29 Å². The molecular weight excluding hydrogens is 220 g/mol. The fraction of sp³-hybridized carbons (Fsp3) is 0.417. The number of hydrogen-bond donors (Lipinski definition) is 1. The summed E-state index contributed by atoms with van der Waals surface area (Å²) < 4.78 is 1.46. The molecule has 5 nitrogen and oxygen atoms in total. The van der Waals surface area contributed by atoms with Crippen LogP contribution in [0.3, 0.4) is 0 Å². The Morgan fingerprint density at radius 2 is 2.29 bits per heavy atom. The number of hydrogen-bond acceptors (Lipinski definition) is 3. The number of aldehydes is 1. The largest absolute Gasteiger partial charge is 0.328 e. The van der Waals surface area contributed by atoms with Crippen molar-refractivity contribution in [1.82, 2.24) is 9.55 Å².